The molecule has 2 saturated heterocycles. The van der Waals surface area contributed by atoms with Crippen molar-refractivity contribution in [2.75, 3.05) is 43.7 Å². The van der Waals surface area contributed by atoms with Gasteiger partial charge < -0.3 is 14.5 Å². The molecule has 4 rings (SSSR count). The van der Waals surface area contributed by atoms with Crippen molar-refractivity contribution >= 4 is 23.8 Å². The maximum atomic E-state index is 13.6. The lowest BCUT2D eigenvalue weighted by atomic mass is 9.81. The van der Waals surface area contributed by atoms with Crippen molar-refractivity contribution in [2.45, 2.75) is 26.3 Å². The average Bonchev–Trinajstić information content (AvgIpc) is 2.77. The highest BCUT2D eigenvalue weighted by Gasteiger charge is 2.46. The van der Waals surface area contributed by atoms with Crippen LogP contribution in [0.5, 0.6) is 5.75 Å². The smallest absolute Gasteiger partial charge is 0.256 e. The van der Waals surface area contributed by atoms with Crippen molar-refractivity contribution < 1.29 is 9.53 Å². The van der Waals surface area contributed by atoms with E-state index in [-0.39, 0.29) is 11.9 Å². The number of likely N-dealkylation sites (tertiary alicyclic amines) is 1. The Balaban J connectivity index is 1.58. The monoisotopic (exact) mass is 434 g/mol. The second kappa shape index (κ2) is 8.98. The number of benzene rings is 1. The zero-order valence-corrected chi connectivity index (χ0v) is 19.2. The predicted molar refractivity (Wildman–Crippen MR) is 127 cm³/mol. The van der Waals surface area contributed by atoms with Gasteiger partial charge in [-0.1, -0.05) is 6.58 Å². The van der Waals surface area contributed by atoms with Crippen molar-refractivity contribution in [1.29, 1.82) is 0 Å². The van der Waals surface area contributed by atoms with Crippen molar-refractivity contribution in [2.24, 2.45) is 11.0 Å². The van der Waals surface area contributed by atoms with E-state index in [0.717, 1.165) is 49.1 Å². The van der Waals surface area contributed by atoms with Gasteiger partial charge in [0.2, 0.25) is 5.95 Å². The molecule has 1 aromatic heterocycles. The second-order valence-electron chi connectivity index (χ2n) is 8.38. The van der Waals surface area contributed by atoms with Crippen LogP contribution in [0, 0.1) is 19.8 Å². The highest BCUT2D eigenvalue weighted by molar-refractivity contribution is 6.01. The number of amides is 1. The lowest BCUT2D eigenvalue weighted by molar-refractivity contribution is 0.00771. The summed E-state index contributed by atoms with van der Waals surface area (Å²) in [6.07, 6.45) is 4.23. The third-order valence-electron chi connectivity index (χ3n) is 6.20. The molecule has 0 aliphatic carbocycles. The van der Waals surface area contributed by atoms with Gasteiger partial charge in [0.05, 0.1) is 24.4 Å². The Morgan fingerprint density at radius 2 is 2.00 bits per heavy atom. The molecule has 1 amide bonds. The first-order valence-electron chi connectivity index (χ1n) is 10.9. The lowest BCUT2D eigenvalue weighted by Crippen LogP contribution is -2.66. The first kappa shape index (κ1) is 21.8. The fourth-order valence-electron chi connectivity index (χ4n) is 4.52. The molecule has 0 saturated carbocycles. The zero-order chi connectivity index (χ0) is 22.8. The molecular weight excluding hydrogens is 404 g/mol. The van der Waals surface area contributed by atoms with Gasteiger partial charge >= 0.3 is 0 Å². The summed E-state index contributed by atoms with van der Waals surface area (Å²) in [5.74, 6) is 1.89. The Morgan fingerprint density at radius 3 is 2.69 bits per heavy atom. The molecule has 3 heterocycles. The standard InChI is InChI=1S/C24H30N6O2/c1-6-10-25-28(4)21-8-7-19(32-5)13-20(21)23(31)30-14-18-9-11-29(15-22(18)30)24-26-16(2)12-17(3)27-24/h6-8,10,12-13,18,22H,1,9,11,14-15H2,2-5H3/b25-10-. The van der Waals surface area contributed by atoms with Gasteiger partial charge in [0.15, 0.2) is 0 Å². The molecule has 8 heteroatoms. The van der Waals surface area contributed by atoms with Gasteiger partial charge in [0.25, 0.3) is 5.91 Å². The molecule has 32 heavy (non-hydrogen) atoms. The summed E-state index contributed by atoms with van der Waals surface area (Å²) in [7, 11) is 3.42. The summed E-state index contributed by atoms with van der Waals surface area (Å²) in [6, 6.07) is 7.61. The Kier molecular flexibility index (Phi) is 6.12. The van der Waals surface area contributed by atoms with Gasteiger partial charge in [-0.3, -0.25) is 9.80 Å². The second-order valence-corrected chi connectivity index (χ2v) is 8.38. The minimum atomic E-state index is -0.0102. The van der Waals surface area contributed by atoms with Crippen molar-refractivity contribution in [3.63, 3.8) is 0 Å². The van der Waals surface area contributed by atoms with E-state index in [1.165, 1.54) is 0 Å². The summed E-state index contributed by atoms with van der Waals surface area (Å²) in [5, 5.41) is 6.00. The minimum absolute atomic E-state index is 0.0102. The molecule has 2 aliphatic rings. The van der Waals surface area contributed by atoms with Crippen LogP contribution >= 0.6 is 0 Å². The normalized spacial score (nSPS) is 20.0. The number of nitrogens with zero attached hydrogens (tertiary/aromatic N) is 6. The van der Waals surface area contributed by atoms with E-state index in [1.54, 1.807) is 30.5 Å². The minimum Gasteiger partial charge on any atom is -0.497 e. The number of carbonyl (C=O) groups is 1. The molecule has 0 N–H and O–H groups in total. The first-order valence-corrected chi connectivity index (χ1v) is 10.9. The quantitative estimate of drug-likeness (QED) is 0.514. The van der Waals surface area contributed by atoms with Gasteiger partial charge in [-0.25, -0.2) is 9.97 Å². The van der Waals surface area contributed by atoms with E-state index in [0.29, 0.717) is 17.2 Å². The van der Waals surface area contributed by atoms with E-state index in [1.807, 2.05) is 44.0 Å². The third-order valence-corrected chi connectivity index (χ3v) is 6.20. The largest absolute Gasteiger partial charge is 0.497 e. The number of piperidine rings is 1. The summed E-state index contributed by atoms with van der Waals surface area (Å²) in [6.45, 7) is 10.1. The van der Waals surface area contributed by atoms with E-state index < -0.39 is 0 Å². The number of aryl methyl sites for hydroxylation is 2. The number of aromatic nitrogens is 2. The molecule has 2 aliphatic heterocycles. The number of fused-ring (bicyclic) bond motifs is 1. The molecule has 0 bridgehead atoms. The number of methoxy groups -OCH3 is 1. The summed E-state index contributed by atoms with van der Waals surface area (Å²) in [4.78, 5) is 27.0. The molecule has 2 fully saturated rings. The Bertz CT molecular complexity index is 1030. The molecule has 2 aromatic rings. The van der Waals surface area contributed by atoms with Crippen LogP contribution in [0.2, 0.25) is 0 Å². The van der Waals surface area contributed by atoms with E-state index in [2.05, 4.69) is 26.5 Å². The fraction of sp³-hybridized carbons (Fsp3) is 0.417. The van der Waals surface area contributed by atoms with Crippen LogP contribution in [0.15, 0.2) is 42.0 Å². The van der Waals surface area contributed by atoms with Crippen LogP contribution in [0.3, 0.4) is 0 Å². The van der Waals surface area contributed by atoms with Crippen molar-refractivity contribution in [1.82, 2.24) is 14.9 Å². The van der Waals surface area contributed by atoms with Crippen LogP contribution in [0.25, 0.3) is 0 Å². The van der Waals surface area contributed by atoms with Crippen LogP contribution < -0.4 is 14.6 Å². The maximum Gasteiger partial charge on any atom is 0.256 e. The van der Waals surface area contributed by atoms with E-state index in [4.69, 9.17) is 4.74 Å². The molecule has 1 aromatic carbocycles. The van der Waals surface area contributed by atoms with Gasteiger partial charge in [-0.2, -0.15) is 5.10 Å². The highest BCUT2D eigenvalue weighted by Crippen LogP contribution is 2.36. The number of carbonyl (C=O) groups excluding carboxylic acids is 1. The topological polar surface area (TPSA) is 74.2 Å². The lowest BCUT2D eigenvalue weighted by Gasteiger charge is -2.53. The molecule has 8 nitrogen and oxygen atoms in total. The number of hydrogen-bond donors (Lipinski definition) is 0. The van der Waals surface area contributed by atoms with Crippen molar-refractivity contribution in [3.8, 4) is 5.75 Å². The Labute approximate surface area is 189 Å². The van der Waals surface area contributed by atoms with Crippen LogP contribution in [0.1, 0.15) is 28.2 Å². The number of allylic oxidation sites excluding steroid dienone is 1. The molecular formula is C24H30N6O2. The summed E-state index contributed by atoms with van der Waals surface area (Å²) in [5.41, 5.74) is 3.22. The average molecular weight is 435 g/mol. The van der Waals surface area contributed by atoms with Crippen LogP contribution in [-0.2, 0) is 0 Å². The Hall–Kier alpha value is -3.42. The van der Waals surface area contributed by atoms with Crippen molar-refractivity contribution in [3.05, 3.63) is 53.9 Å². The molecule has 168 valence electrons. The molecule has 0 radical (unpaired) electrons. The highest BCUT2D eigenvalue weighted by atomic mass is 16.5. The fourth-order valence-corrected chi connectivity index (χ4v) is 4.52. The van der Waals surface area contributed by atoms with Gasteiger partial charge in [-0.05, 0) is 50.6 Å². The number of anilines is 2. The first-order chi connectivity index (χ1) is 15.4. The SMILES string of the molecule is C=C/C=N\N(C)c1ccc(OC)cc1C(=O)N1CC2CCN(c3nc(C)cc(C)n3)CC21. The number of rotatable bonds is 6. The molecule has 0 spiro atoms. The molecule has 2 unspecified atom stereocenters. The van der Waals surface area contributed by atoms with Crippen LogP contribution in [0.4, 0.5) is 11.6 Å². The molecule has 2 atom stereocenters. The zero-order valence-electron chi connectivity index (χ0n) is 19.2. The number of hydrazone groups is 1. The summed E-state index contributed by atoms with van der Waals surface area (Å²) >= 11 is 0. The third kappa shape index (κ3) is 4.17. The van der Waals surface area contributed by atoms with Crippen LogP contribution in [-0.4, -0.2) is 66.8 Å². The number of hydrogen-bond acceptors (Lipinski definition) is 7. The summed E-state index contributed by atoms with van der Waals surface area (Å²) < 4.78 is 5.39. The van der Waals surface area contributed by atoms with Gasteiger partial charge in [-0.15, -0.1) is 0 Å². The van der Waals surface area contributed by atoms with E-state index in [9.17, 15) is 4.79 Å². The van der Waals surface area contributed by atoms with Gasteiger partial charge in [0.1, 0.15) is 5.75 Å². The predicted octanol–water partition coefficient (Wildman–Crippen LogP) is 3.06. The van der Waals surface area contributed by atoms with E-state index >= 15 is 0 Å². The van der Waals surface area contributed by atoms with Gasteiger partial charge in [0, 0.05) is 50.2 Å². The maximum absolute atomic E-state index is 13.6. The Morgan fingerprint density at radius 1 is 1.25 bits per heavy atom. The number of ether oxygens (including phenoxy) is 1.